The molecule has 0 saturated heterocycles. The summed E-state index contributed by atoms with van der Waals surface area (Å²) in [5, 5.41) is 0. The maximum atomic E-state index is 14.2. The lowest BCUT2D eigenvalue weighted by Crippen LogP contribution is -2.18. The fourth-order valence-electron chi connectivity index (χ4n) is 1.75. The highest BCUT2D eigenvalue weighted by atomic mass is 127. The Bertz CT molecular complexity index is 819. The van der Waals surface area contributed by atoms with E-state index in [4.69, 9.17) is 0 Å². The number of halogens is 3. The first kappa shape index (κ1) is 17.5. The van der Waals surface area contributed by atoms with Gasteiger partial charge in [-0.3, -0.25) is 0 Å². The summed E-state index contributed by atoms with van der Waals surface area (Å²) in [6.07, 6.45) is 1.37. The number of aromatic nitrogens is 1. The Hall–Kier alpha value is -1.82. The van der Waals surface area contributed by atoms with Crippen molar-refractivity contribution in [1.29, 1.82) is 0 Å². The molecule has 23 heavy (non-hydrogen) atoms. The highest BCUT2D eigenvalue weighted by Crippen LogP contribution is 2.29. The van der Waals surface area contributed by atoms with Gasteiger partial charge in [-0.05, 0) is 40.8 Å². The molecule has 0 aliphatic carbocycles. The molecule has 0 amide bonds. The van der Waals surface area contributed by atoms with E-state index in [1.54, 1.807) is 6.07 Å². The molecule has 0 saturated carbocycles. The second-order valence-electron chi connectivity index (χ2n) is 4.16. The lowest BCUT2D eigenvalue weighted by molar-refractivity contribution is 0.0595. The predicted octanol–water partition coefficient (Wildman–Crippen LogP) is 2.42. The van der Waals surface area contributed by atoms with Gasteiger partial charge in [0.1, 0.15) is 17.5 Å². The van der Waals surface area contributed by atoms with E-state index in [9.17, 15) is 22.0 Å². The average Bonchev–Trinajstić information content (AvgIpc) is 2.51. The fraction of sp³-hybridized carbons (Fsp3) is 0.0769. The van der Waals surface area contributed by atoms with Crippen LogP contribution < -0.4 is 4.31 Å². The minimum Gasteiger partial charge on any atom is -0.465 e. The van der Waals surface area contributed by atoms with E-state index in [0.717, 1.165) is 10.7 Å². The summed E-state index contributed by atoms with van der Waals surface area (Å²) in [7, 11) is -2.32. The van der Waals surface area contributed by atoms with E-state index in [-0.39, 0.29) is 5.82 Å². The minimum atomic E-state index is -3.34. The molecule has 1 heterocycles. The summed E-state index contributed by atoms with van der Waals surface area (Å²) in [6, 6.07) is 4.09. The predicted molar refractivity (Wildman–Crippen MR) is 87.1 cm³/mol. The fourth-order valence-corrected chi connectivity index (χ4v) is 2.69. The van der Waals surface area contributed by atoms with Crippen molar-refractivity contribution < 1.29 is 26.7 Å². The summed E-state index contributed by atoms with van der Waals surface area (Å²) in [4.78, 5) is 15.2. The second-order valence-corrected chi connectivity index (χ2v) is 6.28. The number of ether oxygens (including phenoxy) is 1. The third-order valence-corrected chi connectivity index (χ3v) is 4.15. The standard InChI is InChI=1S/C13H9F2IN2O4S/c1-22-13(19)8-4-10(15)11(5-9(8)14)18(23(20)21)12-3-2-7(16)6-17-12/h2-6,23H,1H3. The van der Waals surface area contributed by atoms with E-state index in [0.29, 0.717) is 16.4 Å². The molecule has 0 N–H and O–H groups in total. The number of anilines is 2. The number of pyridine rings is 1. The first-order valence-corrected chi connectivity index (χ1v) is 8.19. The number of esters is 1. The Morgan fingerprint density at radius 2 is 1.96 bits per heavy atom. The number of carbonyl (C=O) groups excluding carboxylic acids is 1. The van der Waals surface area contributed by atoms with Gasteiger partial charge in [0.15, 0.2) is 0 Å². The SMILES string of the molecule is COC(=O)c1cc(F)c(N(c2ccc(I)cn2)[SH](=O)=O)cc1F. The van der Waals surface area contributed by atoms with Gasteiger partial charge in [0, 0.05) is 15.8 Å². The third-order valence-electron chi connectivity index (χ3n) is 2.76. The van der Waals surface area contributed by atoms with Gasteiger partial charge in [0.25, 0.3) is 0 Å². The van der Waals surface area contributed by atoms with Crippen LogP contribution in [0.2, 0.25) is 0 Å². The number of nitrogens with zero attached hydrogens (tertiary/aromatic N) is 2. The van der Waals surface area contributed by atoms with Gasteiger partial charge < -0.3 is 4.74 Å². The van der Waals surface area contributed by atoms with E-state index in [2.05, 4.69) is 9.72 Å². The molecule has 0 bridgehead atoms. The lowest BCUT2D eigenvalue weighted by atomic mass is 10.2. The van der Waals surface area contributed by atoms with E-state index >= 15 is 0 Å². The van der Waals surface area contributed by atoms with Crippen LogP contribution in [0.5, 0.6) is 0 Å². The van der Waals surface area contributed by atoms with Crippen molar-refractivity contribution in [2.75, 3.05) is 11.4 Å². The summed E-state index contributed by atoms with van der Waals surface area (Å²) < 4.78 is 56.7. The monoisotopic (exact) mass is 454 g/mol. The molecule has 0 aliphatic heterocycles. The van der Waals surface area contributed by atoms with Crippen molar-refractivity contribution in [1.82, 2.24) is 4.98 Å². The molecular weight excluding hydrogens is 445 g/mol. The molecule has 0 fully saturated rings. The highest BCUT2D eigenvalue weighted by Gasteiger charge is 2.23. The van der Waals surface area contributed by atoms with Gasteiger partial charge in [0.2, 0.25) is 10.9 Å². The summed E-state index contributed by atoms with van der Waals surface area (Å²) in [5.41, 5.74) is -1.22. The van der Waals surface area contributed by atoms with E-state index in [1.807, 2.05) is 22.6 Å². The van der Waals surface area contributed by atoms with Crippen LogP contribution in [-0.2, 0) is 15.6 Å². The van der Waals surface area contributed by atoms with Crippen LogP contribution in [0.4, 0.5) is 20.3 Å². The van der Waals surface area contributed by atoms with Crippen LogP contribution >= 0.6 is 22.6 Å². The molecule has 0 aliphatic rings. The molecule has 0 atom stereocenters. The third kappa shape index (κ3) is 3.75. The van der Waals surface area contributed by atoms with Gasteiger partial charge >= 0.3 is 5.97 Å². The summed E-state index contributed by atoms with van der Waals surface area (Å²) in [5.74, 6) is -3.39. The molecular formula is C13H9F2IN2O4S. The number of hydrogen-bond donors (Lipinski definition) is 1. The summed E-state index contributed by atoms with van der Waals surface area (Å²) in [6.45, 7) is 0. The maximum Gasteiger partial charge on any atom is 0.340 e. The quantitative estimate of drug-likeness (QED) is 0.437. The normalized spacial score (nSPS) is 10.7. The number of hydrogen-bond acceptors (Lipinski definition) is 5. The Morgan fingerprint density at radius 1 is 1.26 bits per heavy atom. The largest absolute Gasteiger partial charge is 0.465 e. The molecule has 0 radical (unpaired) electrons. The molecule has 1 aromatic carbocycles. The van der Waals surface area contributed by atoms with Crippen LogP contribution in [0, 0.1) is 15.2 Å². The van der Waals surface area contributed by atoms with Crippen molar-refractivity contribution in [2.45, 2.75) is 0 Å². The van der Waals surface area contributed by atoms with E-state index < -0.39 is 39.7 Å². The number of benzene rings is 1. The minimum absolute atomic E-state index is 0.106. The number of thiol groups is 1. The van der Waals surface area contributed by atoms with Crippen LogP contribution in [0.15, 0.2) is 30.5 Å². The van der Waals surface area contributed by atoms with Gasteiger partial charge in [-0.2, -0.15) is 0 Å². The highest BCUT2D eigenvalue weighted by molar-refractivity contribution is 14.1. The van der Waals surface area contributed by atoms with Crippen LogP contribution in [0.1, 0.15) is 10.4 Å². The van der Waals surface area contributed by atoms with Gasteiger partial charge in [-0.1, -0.05) is 0 Å². The smallest absolute Gasteiger partial charge is 0.340 e. The number of rotatable bonds is 4. The summed E-state index contributed by atoms with van der Waals surface area (Å²) >= 11 is 1.96. The van der Waals surface area contributed by atoms with Crippen molar-refractivity contribution in [3.05, 3.63) is 51.2 Å². The molecule has 10 heteroatoms. The van der Waals surface area contributed by atoms with Gasteiger partial charge in [-0.15, -0.1) is 0 Å². The topological polar surface area (TPSA) is 76.6 Å². The first-order valence-electron chi connectivity index (χ1n) is 5.98. The average molecular weight is 454 g/mol. The zero-order chi connectivity index (χ0) is 17.1. The van der Waals surface area contributed by atoms with E-state index in [1.165, 1.54) is 12.3 Å². The van der Waals surface area contributed by atoms with Gasteiger partial charge in [0.05, 0.1) is 18.4 Å². The van der Waals surface area contributed by atoms with Crippen molar-refractivity contribution in [3.8, 4) is 0 Å². The van der Waals surface area contributed by atoms with Crippen molar-refractivity contribution >= 4 is 51.0 Å². The molecule has 0 spiro atoms. The van der Waals surface area contributed by atoms with Crippen molar-refractivity contribution in [2.24, 2.45) is 0 Å². The Labute approximate surface area is 145 Å². The van der Waals surface area contributed by atoms with Crippen LogP contribution in [-0.4, -0.2) is 26.5 Å². The zero-order valence-electron chi connectivity index (χ0n) is 11.5. The Morgan fingerprint density at radius 3 is 2.48 bits per heavy atom. The maximum absolute atomic E-state index is 14.2. The molecule has 2 aromatic rings. The molecule has 122 valence electrons. The Kier molecular flexibility index (Phi) is 5.46. The lowest BCUT2D eigenvalue weighted by Gasteiger charge is -2.18. The first-order chi connectivity index (χ1) is 10.8. The second kappa shape index (κ2) is 7.17. The van der Waals surface area contributed by atoms with Crippen molar-refractivity contribution in [3.63, 3.8) is 0 Å². The Balaban J connectivity index is 2.59. The molecule has 2 rings (SSSR count). The molecule has 1 aromatic heterocycles. The van der Waals surface area contributed by atoms with Crippen LogP contribution in [0.3, 0.4) is 0 Å². The van der Waals surface area contributed by atoms with Crippen LogP contribution in [0.25, 0.3) is 0 Å². The number of methoxy groups -OCH3 is 1. The zero-order valence-corrected chi connectivity index (χ0v) is 14.5. The van der Waals surface area contributed by atoms with Gasteiger partial charge in [-0.25, -0.2) is 31.3 Å². The molecule has 0 unspecified atom stereocenters. The molecule has 6 nitrogen and oxygen atoms in total. The number of carbonyl (C=O) groups is 1.